The number of hydrogen-bond donors (Lipinski definition) is 1. The van der Waals surface area contributed by atoms with Gasteiger partial charge in [-0.05, 0) is 37.7 Å². The highest BCUT2D eigenvalue weighted by atomic mass is 35.5. The van der Waals surface area contributed by atoms with Crippen LogP contribution in [-0.2, 0) is 4.79 Å². The number of thiocarbonyl (C=S) groups is 1. The summed E-state index contributed by atoms with van der Waals surface area (Å²) in [4.78, 5) is 13.7. The number of nitrogens with one attached hydrogen (secondary N) is 1. The molecular formula is C15H14Cl2FN3OS. The van der Waals surface area contributed by atoms with Crippen molar-refractivity contribution in [1.82, 2.24) is 5.32 Å². The first-order chi connectivity index (χ1) is 10.7. The quantitative estimate of drug-likeness (QED) is 0.647. The molecule has 1 aliphatic rings. The molecule has 2 rings (SSSR count). The molecule has 0 bridgehead atoms. The molecule has 1 aromatic rings. The van der Waals surface area contributed by atoms with Crippen molar-refractivity contribution in [3.8, 4) is 6.07 Å². The van der Waals surface area contributed by atoms with E-state index in [4.69, 9.17) is 40.7 Å². The van der Waals surface area contributed by atoms with Crippen molar-refractivity contribution in [2.75, 3.05) is 11.4 Å². The minimum absolute atomic E-state index is 0.00704. The maximum absolute atomic E-state index is 14.0. The molecule has 0 aliphatic heterocycles. The van der Waals surface area contributed by atoms with Gasteiger partial charge in [0.2, 0.25) is 5.91 Å². The number of amides is 1. The number of hydrogen-bond acceptors (Lipinski definition) is 3. The van der Waals surface area contributed by atoms with E-state index >= 15 is 0 Å². The van der Waals surface area contributed by atoms with E-state index in [0.29, 0.717) is 6.42 Å². The molecule has 0 spiro atoms. The van der Waals surface area contributed by atoms with E-state index in [2.05, 4.69) is 5.32 Å². The van der Waals surface area contributed by atoms with Crippen molar-refractivity contribution >= 4 is 52.1 Å². The Morgan fingerprint density at radius 3 is 2.65 bits per heavy atom. The minimum atomic E-state index is -1.12. The first-order valence-electron chi connectivity index (χ1n) is 6.85. The van der Waals surface area contributed by atoms with Crippen molar-refractivity contribution in [3.05, 3.63) is 30.1 Å². The van der Waals surface area contributed by atoms with Crippen LogP contribution in [0.3, 0.4) is 0 Å². The van der Waals surface area contributed by atoms with Gasteiger partial charge in [-0.1, -0.05) is 12.1 Å². The second-order valence-corrected chi connectivity index (χ2v) is 7.35. The second kappa shape index (κ2) is 6.60. The number of para-hydroxylation sites is 1. The molecule has 1 saturated carbocycles. The molecule has 1 aliphatic carbocycles. The highest BCUT2D eigenvalue weighted by Crippen LogP contribution is 2.63. The van der Waals surface area contributed by atoms with Gasteiger partial charge < -0.3 is 10.2 Å². The number of carbonyl (C=O) groups is 1. The van der Waals surface area contributed by atoms with Crippen LogP contribution in [0, 0.1) is 22.6 Å². The first-order valence-corrected chi connectivity index (χ1v) is 8.01. The smallest absolute Gasteiger partial charge is 0.235 e. The molecule has 1 fully saturated rings. The average molecular weight is 374 g/mol. The molecule has 4 nitrogen and oxygen atoms in total. The minimum Gasteiger partial charge on any atom is -0.315 e. The lowest BCUT2D eigenvalue weighted by molar-refractivity contribution is -0.124. The van der Waals surface area contributed by atoms with Crippen LogP contribution < -0.4 is 10.2 Å². The monoisotopic (exact) mass is 373 g/mol. The summed E-state index contributed by atoms with van der Waals surface area (Å²) < 4.78 is 12.9. The normalized spacial score (nSPS) is 21.2. The van der Waals surface area contributed by atoms with E-state index in [1.165, 1.54) is 17.0 Å². The van der Waals surface area contributed by atoms with Gasteiger partial charge in [0.15, 0.2) is 5.11 Å². The molecule has 1 amide bonds. The molecule has 0 heterocycles. The Balaban J connectivity index is 2.17. The fourth-order valence-corrected chi connectivity index (χ4v) is 3.10. The van der Waals surface area contributed by atoms with Gasteiger partial charge in [-0.2, -0.15) is 5.26 Å². The fourth-order valence-electron chi connectivity index (χ4n) is 2.11. The third-order valence-corrected chi connectivity index (χ3v) is 5.24. The number of nitriles is 1. The summed E-state index contributed by atoms with van der Waals surface area (Å²) in [6.45, 7) is 1.79. The van der Waals surface area contributed by atoms with E-state index in [1.807, 2.05) is 6.07 Å². The van der Waals surface area contributed by atoms with Gasteiger partial charge in [-0.15, -0.1) is 23.2 Å². The van der Waals surface area contributed by atoms with Crippen LogP contribution in [0.25, 0.3) is 0 Å². The topological polar surface area (TPSA) is 56.1 Å². The maximum atomic E-state index is 14.0. The van der Waals surface area contributed by atoms with Crippen LogP contribution in [0.2, 0.25) is 0 Å². The van der Waals surface area contributed by atoms with E-state index in [-0.39, 0.29) is 23.8 Å². The summed E-state index contributed by atoms with van der Waals surface area (Å²) >= 11 is 17.2. The molecule has 0 saturated heterocycles. The van der Waals surface area contributed by atoms with Crippen LogP contribution in [0.15, 0.2) is 24.3 Å². The second-order valence-electron chi connectivity index (χ2n) is 5.48. The first kappa shape index (κ1) is 17.9. The van der Waals surface area contributed by atoms with Gasteiger partial charge in [0.05, 0.1) is 23.6 Å². The van der Waals surface area contributed by atoms with Crippen molar-refractivity contribution in [2.45, 2.75) is 24.1 Å². The van der Waals surface area contributed by atoms with Crippen LogP contribution in [-0.4, -0.2) is 21.9 Å². The lowest BCUT2D eigenvalue weighted by Gasteiger charge is -2.26. The van der Waals surface area contributed by atoms with Gasteiger partial charge in [0.25, 0.3) is 0 Å². The van der Waals surface area contributed by atoms with Crippen LogP contribution in [0.1, 0.15) is 19.8 Å². The molecule has 1 aromatic carbocycles. The van der Waals surface area contributed by atoms with Gasteiger partial charge in [0, 0.05) is 6.54 Å². The highest BCUT2D eigenvalue weighted by molar-refractivity contribution is 7.80. The number of halogens is 3. The van der Waals surface area contributed by atoms with Crippen LogP contribution in [0.5, 0.6) is 0 Å². The molecule has 1 N–H and O–H groups in total. The summed E-state index contributed by atoms with van der Waals surface area (Å²) in [6.07, 6.45) is 0.437. The average Bonchev–Trinajstić information content (AvgIpc) is 3.01. The Kier molecular flexibility index (Phi) is 5.14. The van der Waals surface area contributed by atoms with E-state index in [9.17, 15) is 9.18 Å². The molecule has 8 heteroatoms. The largest absolute Gasteiger partial charge is 0.315 e. The number of rotatable bonds is 4. The van der Waals surface area contributed by atoms with E-state index < -0.39 is 21.5 Å². The Morgan fingerprint density at radius 1 is 1.52 bits per heavy atom. The molecule has 0 unspecified atom stereocenters. The Hall–Kier alpha value is -1.42. The summed E-state index contributed by atoms with van der Waals surface area (Å²) in [5.74, 6) is -0.922. The lowest BCUT2D eigenvalue weighted by atomic mass is 10.1. The summed E-state index contributed by atoms with van der Waals surface area (Å²) in [7, 11) is 0. The molecular weight excluding hydrogens is 360 g/mol. The van der Waals surface area contributed by atoms with Gasteiger partial charge in [-0.3, -0.25) is 4.79 Å². The zero-order valence-electron chi connectivity index (χ0n) is 12.3. The predicted octanol–water partition coefficient (Wildman–Crippen LogP) is 3.53. The number of benzene rings is 1. The summed E-state index contributed by atoms with van der Waals surface area (Å²) in [6, 6.07) is 7.97. The Labute approximate surface area is 149 Å². The van der Waals surface area contributed by atoms with E-state index in [0.717, 1.165) is 0 Å². The zero-order chi connectivity index (χ0) is 17.3. The number of anilines is 1. The molecule has 122 valence electrons. The van der Waals surface area contributed by atoms with Crippen molar-refractivity contribution < 1.29 is 9.18 Å². The third-order valence-electron chi connectivity index (χ3n) is 3.82. The van der Waals surface area contributed by atoms with Gasteiger partial charge >= 0.3 is 0 Å². The SMILES string of the molecule is C[C@@]1(C(=O)NC(=S)N(CCC#N)c2ccccc2F)CC1(Cl)Cl. The van der Waals surface area contributed by atoms with Crippen LogP contribution in [0.4, 0.5) is 10.1 Å². The van der Waals surface area contributed by atoms with Gasteiger partial charge in [-0.25, -0.2) is 4.39 Å². The molecule has 0 aromatic heterocycles. The van der Waals surface area contributed by atoms with Crippen molar-refractivity contribution in [2.24, 2.45) is 5.41 Å². The number of nitrogens with zero attached hydrogens (tertiary/aromatic N) is 2. The summed E-state index contributed by atoms with van der Waals surface area (Å²) in [5.41, 5.74) is -0.743. The molecule has 0 radical (unpaired) electrons. The van der Waals surface area contributed by atoms with Crippen molar-refractivity contribution in [1.29, 1.82) is 5.26 Å². The number of alkyl halides is 2. The molecule has 23 heavy (non-hydrogen) atoms. The summed E-state index contributed by atoms with van der Waals surface area (Å²) in [5, 5.41) is 11.3. The maximum Gasteiger partial charge on any atom is 0.235 e. The van der Waals surface area contributed by atoms with Crippen LogP contribution >= 0.6 is 35.4 Å². The van der Waals surface area contributed by atoms with E-state index in [1.54, 1.807) is 19.1 Å². The number of carbonyl (C=O) groups excluding carboxylic acids is 1. The third kappa shape index (κ3) is 3.57. The fraction of sp³-hybridized carbons (Fsp3) is 0.400. The standard InChI is InChI=1S/C15H14Cl2FN3OS/c1-14(9-15(14,16)17)12(22)20-13(23)21(8-4-7-19)11-6-3-2-5-10(11)18/h2-3,5-6H,4,8-9H2,1H3,(H,20,22,23)/t14-/m0/s1. The Morgan fingerprint density at radius 2 is 2.13 bits per heavy atom. The highest BCUT2D eigenvalue weighted by Gasteiger charge is 2.68. The predicted molar refractivity (Wildman–Crippen MR) is 91.9 cm³/mol. The molecule has 1 atom stereocenters. The Bertz CT molecular complexity index is 692. The zero-order valence-corrected chi connectivity index (χ0v) is 14.6. The van der Waals surface area contributed by atoms with Gasteiger partial charge in [0.1, 0.15) is 10.2 Å². The lowest BCUT2D eigenvalue weighted by Crippen LogP contribution is -2.46. The van der Waals surface area contributed by atoms with Crippen molar-refractivity contribution in [3.63, 3.8) is 0 Å².